The summed E-state index contributed by atoms with van der Waals surface area (Å²) in [4.78, 5) is 25.5. The zero-order chi connectivity index (χ0) is 13.6. The van der Waals surface area contributed by atoms with E-state index >= 15 is 0 Å². The molecule has 0 aliphatic heterocycles. The van der Waals surface area contributed by atoms with E-state index in [9.17, 15) is 22.8 Å². The first-order chi connectivity index (χ1) is 8.41. The van der Waals surface area contributed by atoms with E-state index in [4.69, 9.17) is 0 Å². The number of aromatic nitrogens is 1. The van der Waals surface area contributed by atoms with E-state index in [1.807, 2.05) is 0 Å². The van der Waals surface area contributed by atoms with Crippen LogP contribution in [0.4, 0.5) is 13.2 Å². The highest BCUT2D eigenvalue weighted by Gasteiger charge is 2.38. The molecule has 0 fully saturated rings. The Morgan fingerprint density at radius 1 is 1.22 bits per heavy atom. The van der Waals surface area contributed by atoms with Crippen LogP contribution in [0.25, 0.3) is 0 Å². The second-order valence-electron chi connectivity index (χ2n) is 3.25. The van der Waals surface area contributed by atoms with Crippen LogP contribution in [0, 0.1) is 0 Å². The Hall–Kier alpha value is -2.12. The van der Waals surface area contributed by atoms with Gasteiger partial charge in [0.2, 0.25) is 0 Å². The van der Waals surface area contributed by atoms with Crippen molar-refractivity contribution in [1.29, 1.82) is 0 Å². The first-order valence-electron chi connectivity index (χ1n) is 4.94. The van der Waals surface area contributed by atoms with E-state index < -0.39 is 18.0 Å². The molecule has 0 unspecified atom stereocenters. The molecule has 0 atom stereocenters. The number of carbonyl (C=O) groups is 2. The maximum atomic E-state index is 11.8. The third kappa shape index (κ3) is 4.40. The van der Waals surface area contributed by atoms with Gasteiger partial charge in [0.15, 0.2) is 0 Å². The SMILES string of the molecule is O=C(NCCNC(=O)C(F)(F)F)c1cccnc1. The standard InChI is InChI=1S/C10H10F3N3O2/c11-10(12,13)9(18)16-5-4-15-8(17)7-2-1-3-14-6-7/h1-3,6H,4-5H2,(H,15,17)(H,16,18). The second-order valence-corrected chi connectivity index (χ2v) is 3.25. The van der Waals surface area contributed by atoms with Gasteiger partial charge in [0.1, 0.15) is 0 Å². The summed E-state index contributed by atoms with van der Waals surface area (Å²) in [5.74, 6) is -2.50. The van der Waals surface area contributed by atoms with Crippen molar-refractivity contribution in [2.24, 2.45) is 0 Å². The van der Waals surface area contributed by atoms with Gasteiger partial charge < -0.3 is 10.6 Å². The summed E-state index contributed by atoms with van der Waals surface area (Å²) in [6.45, 7) is -0.403. The Kier molecular flexibility index (Phi) is 4.64. The molecular weight excluding hydrogens is 251 g/mol. The van der Waals surface area contributed by atoms with Crippen LogP contribution in [0.1, 0.15) is 10.4 Å². The topological polar surface area (TPSA) is 71.1 Å². The number of carbonyl (C=O) groups excluding carboxylic acids is 2. The third-order valence-electron chi connectivity index (χ3n) is 1.88. The molecule has 2 amide bonds. The lowest BCUT2D eigenvalue weighted by atomic mass is 10.3. The molecular formula is C10H10F3N3O2. The van der Waals surface area contributed by atoms with Gasteiger partial charge >= 0.3 is 12.1 Å². The molecule has 2 N–H and O–H groups in total. The molecule has 98 valence electrons. The molecule has 1 rings (SSSR count). The maximum Gasteiger partial charge on any atom is 0.471 e. The van der Waals surface area contributed by atoms with Crippen molar-refractivity contribution >= 4 is 11.8 Å². The summed E-state index contributed by atoms with van der Waals surface area (Å²) < 4.78 is 35.4. The summed E-state index contributed by atoms with van der Waals surface area (Å²) in [6.07, 6.45) is -2.10. The van der Waals surface area contributed by atoms with Gasteiger partial charge in [0, 0.05) is 25.5 Å². The fourth-order valence-corrected chi connectivity index (χ4v) is 1.05. The Labute approximate surface area is 100 Å². The number of hydrogen-bond acceptors (Lipinski definition) is 3. The van der Waals surface area contributed by atoms with Crippen LogP contribution in [0.5, 0.6) is 0 Å². The molecule has 0 aliphatic rings. The molecule has 0 saturated heterocycles. The molecule has 1 aromatic rings. The van der Waals surface area contributed by atoms with E-state index in [1.54, 1.807) is 11.4 Å². The lowest BCUT2D eigenvalue weighted by molar-refractivity contribution is -0.173. The average Bonchev–Trinajstić information content (AvgIpc) is 2.34. The molecule has 0 aromatic carbocycles. The molecule has 1 aromatic heterocycles. The van der Waals surface area contributed by atoms with E-state index in [-0.39, 0.29) is 13.1 Å². The quantitative estimate of drug-likeness (QED) is 0.775. The van der Waals surface area contributed by atoms with Gasteiger partial charge in [-0.25, -0.2) is 0 Å². The molecule has 1 heterocycles. The number of pyridine rings is 1. The number of rotatable bonds is 4. The van der Waals surface area contributed by atoms with Crippen LogP contribution in [0.15, 0.2) is 24.5 Å². The Balaban J connectivity index is 2.27. The van der Waals surface area contributed by atoms with Crippen molar-refractivity contribution in [3.8, 4) is 0 Å². The van der Waals surface area contributed by atoms with Gasteiger partial charge in [-0.1, -0.05) is 0 Å². The predicted octanol–water partition coefficient (Wildman–Crippen LogP) is 0.490. The van der Waals surface area contributed by atoms with Crippen LogP contribution < -0.4 is 10.6 Å². The summed E-state index contributed by atoms with van der Waals surface area (Å²) in [7, 11) is 0. The monoisotopic (exact) mass is 261 g/mol. The molecule has 0 aliphatic carbocycles. The fourth-order valence-electron chi connectivity index (χ4n) is 1.05. The Bertz CT molecular complexity index is 420. The molecule has 0 saturated carbocycles. The van der Waals surface area contributed by atoms with Gasteiger partial charge in [0.25, 0.3) is 5.91 Å². The van der Waals surface area contributed by atoms with Crippen LogP contribution >= 0.6 is 0 Å². The number of hydrogen-bond donors (Lipinski definition) is 2. The number of halogens is 3. The minimum Gasteiger partial charge on any atom is -0.350 e. The molecule has 5 nitrogen and oxygen atoms in total. The zero-order valence-corrected chi connectivity index (χ0v) is 9.12. The number of alkyl halides is 3. The minimum absolute atomic E-state index is 0.102. The fraction of sp³-hybridized carbons (Fsp3) is 0.300. The maximum absolute atomic E-state index is 11.8. The third-order valence-corrected chi connectivity index (χ3v) is 1.88. The predicted molar refractivity (Wildman–Crippen MR) is 55.6 cm³/mol. The first-order valence-corrected chi connectivity index (χ1v) is 4.94. The summed E-state index contributed by atoms with van der Waals surface area (Å²) in [5, 5.41) is 3.98. The number of amides is 2. The van der Waals surface area contributed by atoms with Crippen LogP contribution in [-0.2, 0) is 4.79 Å². The first kappa shape index (κ1) is 13.9. The Morgan fingerprint density at radius 3 is 2.44 bits per heavy atom. The van der Waals surface area contributed by atoms with Gasteiger partial charge in [-0.3, -0.25) is 14.6 Å². The smallest absolute Gasteiger partial charge is 0.350 e. The highest BCUT2D eigenvalue weighted by molar-refractivity contribution is 5.93. The van der Waals surface area contributed by atoms with Crippen molar-refractivity contribution in [1.82, 2.24) is 15.6 Å². The number of nitrogens with one attached hydrogen (secondary N) is 2. The van der Waals surface area contributed by atoms with Gasteiger partial charge in [0.05, 0.1) is 5.56 Å². The van der Waals surface area contributed by atoms with Crippen molar-refractivity contribution in [3.63, 3.8) is 0 Å². The number of nitrogens with zero attached hydrogens (tertiary/aromatic N) is 1. The molecule has 0 spiro atoms. The average molecular weight is 261 g/mol. The van der Waals surface area contributed by atoms with Gasteiger partial charge in [-0.2, -0.15) is 13.2 Å². The highest BCUT2D eigenvalue weighted by Crippen LogP contribution is 2.13. The van der Waals surface area contributed by atoms with E-state index in [0.717, 1.165) is 0 Å². The van der Waals surface area contributed by atoms with Crippen molar-refractivity contribution in [3.05, 3.63) is 30.1 Å². The van der Waals surface area contributed by atoms with Crippen LogP contribution in [-0.4, -0.2) is 36.1 Å². The van der Waals surface area contributed by atoms with E-state index in [2.05, 4.69) is 10.3 Å². The van der Waals surface area contributed by atoms with Crippen molar-refractivity contribution in [2.45, 2.75) is 6.18 Å². The summed E-state index contributed by atoms with van der Waals surface area (Å²) >= 11 is 0. The lowest BCUT2D eigenvalue weighted by Crippen LogP contribution is -2.41. The molecule has 18 heavy (non-hydrogen) atoms. The minimum atomic E-state index is -4.91. The lowest BCUT2D eigenvalue weighted by Gasteiger charge is -2.08. The van der Waals surface area contributed by atoms with Gasteiger partial charge in [-0.05, 0) is 12.1 Å². The van der Waals surface area contributed by atoms with Crippen LogP contribution in [0.3, 0.4) is 0 Å². The van der Waals surface area contributed by atoms with Crippen molar-refractivity contribution in [2.75, 3.05) is 13.1 Å². The Morgan fingerprint density at radius 2 is 1.89 bits per heavy atom. The summed E-state index contributed by atoms with van der Waals surface area (Å²) in [6, 6.07) is 3.07. The molecule has 0 bridgehead atoms. The summed E-state index contributed by atoms with van der Waals surface area (Å²) in [5.41, 5.74) is 0.291. The highest BCUT2D eigenvalue weighted by atomic mass is 19.4. The van der Waals surface area contributed by atoms with Gasteiger partial charge in [-0.15, -0.1) is 0 Å². The normalized spacial score (nSPS) is 10.8. The van der Waals surface area contributed by atoms with E-state index in [1.165, 1.54) is 18.5 Å². The zero-order valence-electron chi connectivity index (χ0n) is 9.12. The van der Waals surface area contributed by atoms with Crippen LogP contribution in [0.2, 0.25) is 0 Å². The molecule has 0 radical (unpaired) electrons. The molecule has 8 heteroatoms. The van der Waals surface area contributed by atoms with Crippen molar-refractivity contribution < 1.29 is 22.8 Å². The second kappa shape index (κ2) is 5.99. The largest absolute Gasteiger partial charge is 0.471 e. The van der Waals surface area contributed by atoms with E-state index in [0.29, 0.717) is 5.56 Å².